The van der Waals surface area contributed by atoms with Gasteiger partial charge in [-0.05, 0) is 38.5 Å². The van der Waals surface area contributed by atoms with Gasteiger partial charge in [0.2, 0.25) is 0 Å². The molecule has 1 N–H and O–H groups in total. The Kier molecular flexibility index (Phi) is 25.5. The number of aliphatic hydroxyl groups is 1. The second-order valence-corrected chi connectivity index (χ2v) is 9.17. The van der Waals surface area contributed by atoms with Gasteiger partial charge in [0.15, 0.2) is 0 Å². The lowest BCUT2D eigenvalue weighted by Crippen LogP contribution is -3.00. The monoisotopic (exact) mass is 419 g/mol. The van der Waals surface area contributed by atoms with Gasteiger partial charge in [0, 0.05) is 6.61 Å². The number of aliphatic hydroxyl groups excluding tert-OH is 1. The van der Waals surface area contributed by atoms with Crippen molar-refractivity contribution >= 4 is 0 Å². The van der Waals surface area contributed by atoms with Gasteiger partial charge in [-0.25, -0.2) is 0 Å². The lowest BCUT2D eigenvalue weighted by molar-refractivity contribution is -0.910. The van der Waals surface area contributed by atoms with Gasteiger partial charge in [0.1, 0.15) is 0 Å². The van der Waals surface area contributed by atoms with Crippen LogP contribution in [-0.4, -0.2) is 42.9 Å². The van der Waals surface area contributed by atoms with E-state index in [0.29, 0.717) is 6.61 Å². The normalized spacial score (nSPS) is 11.6. The third kappa shape index (κ3) is 20.9. The Labute approximate surface area is 184 Å². The topological polar surface area (TPSA) is 20.2 Å². The van der Waals surface area contributed by atoms with Crippen molar-refractivity contribution in [2.45, 2.75) is 129 Å². The number of unbranched alkanes of at least 4 members (excludes halogenated alkanes) is 15. The molecular formula is C25H54ClNO. The first-order chi connectivity index (χ1) is 13.2. The highest BCUT2D eigenvalue weighted by Crippen LogP contribution is 2.15. The van der Waals surface area contributed by atoms with Crippen LogP contribution in [0.25, 0.3) is 0 Å². The maximum Gasteiger partial charge on any atom is 0.0785 e. The molecule has 0 saturated heterocycles. The summed E-state index contributed by atoms with van der Waals surface area (Å²) in [5, 5.41) is 9.13. The van der Waals surface area contributed by atoms with Gasteiger partial charge in [-0.1, -0.05) is 90.9 Å². The highest BCUT2D eigenvalue weighted by Gasteiger charge is 2.20. The number of nitrogens with zero attached hydrogens (tertiary/aromatic N) is 1. The first kappa shape index (κ1) is 30.4. The number of hydrogen-bond donors (Lipinski definition) is 1. The Morgan fingerprint density at radius 2 is 0.750 bits per heavy atom. The van der Waals surface area contributed by atoms with E-state index in [1.165, 1.54) is 133 Å². The molecule has 0 aromatic rings. The van der Waals surface area contributed by atoms with Gasteiger partial charge in [-0.3, -0.25) is 0 Å². The van der Waals surface area contributed by atoms with Crippen LogP contribution in [0.2, 0.25) is 0 Å². The highest BCUT2D eigenvalue weighted by atomic mass is 35.5. The third-order valence-corrected chi connectivity index (χ3v) is 6.21. The van der Waals surface area contributed by atoms with E-state index in [1.807, 2.05) is 0 Å². The molecule has 0 aliphatic heterocycles. The fourth-order valence-electron chi connectivity index (χ4n) is 4.20. The highest BCUT2D eigenvalue weighted by molar-refractivity contribution is 4.51. The molecule has 28 heavy (non-hydrogen) atoms. The van der Waals surface area contributed by atoms with Crippen LogP contribution in [-0.2, 0) is 0 Å². The molecule has 0 rings (SSSR count). The minimum atomic E-state index is 0. The van der Waals surface area contributed by atoms with Gasteiger partial charge >= 0.3 is 0 Å². The zero-order valence-electron chi connectivity index (χ0n) is 19.8. The fourth-order valence-corrected chi connectivity index (χ4v) is 4.20. The van der Waals surface area contributed by atoms with Crippen molar-refractivity contribution in [1.29, 1.82) is 0 Å². The van der Waals surface area contributed by atoms with E-state index in [-0.39, 0.29) is 12.4 Å². The van der Waals surface area contributed by atoms with E-state index in [4.69, 9.17) is 5.11 Å². The Morgan fingerprint density at radius 3 is 1.07 bits per heavy atom. The lowest BCUT2D eigenvalue weighted by atomic mass is 10.1. The van der Waals surface area contributed by atoms with Gasteiger partial charge < -0.3 is 22.0 Å². The first-order valence-electron chi connectivity index (χ1n) is 12.6. The van der Waals surface area contributed by atoms with Crippen LogP contribution in [0, 0.1) is 0 Å². The molecule has 0 unspecified atom stereocenters. The van der Waals surface area contributed by atoms with Gasteiger partial charge in [-0.15, -0.1) is 0 Å². The van der Waals surface area contributed by atoms with Crippen LogP contribution in [0.1, 0.15) is 129 Å². The largest absolute Gasteiger partial charge is 1.00 e. The quantitative estimate of drug-likeness (QED) is 0.202. The van der Waals surface area contributed by atoms with Crippen LogP contribution in [0.4, 0.5) is 0 Å². The summed E-state index contributed by atoms with van der Waals surface area (Å²) < 4.78 is 1.24. The summed E-state index contributed by atoms with van der Waals surface area (Å²) in [4.78, 5) is 0. The molecule has 0 heterocycles. The van der Waals surface area contributed by atoms with Crippen LogP contribution in [0.15, 0.2) is 0 Å². The van der Waals surface area contributed by atoms with Crippen molar-refractivity contribution in [3.05, 3.63) is 0 Å². The summed E-state index contributed by atoms with van der Waals surface area (Å²) in [6.45, 7) is 8.89. The summed E-state index contributed by atoms with van der Waals surface area (Å²) in [6, 6.07) is 0. The van der Waals surface area contributed by atoms with E-state index in [0.717, 1.165) is 6.42 Å². The summed E-state index contributed by atoms with van der Waals surface area (Å²) >= 11 is 0. The average Bonchev–Trinajstić information content (AvgIpc) is 2.66. The standard InChI is InChI=1S/C25H54NO.ClH/c1-4-6-8-10-12-14-16-18-22-26(3,24-20-21-25-27)23-19-17-15-13-11-9-7-5-2;/h27H,4-25H2,1-3H3;1H/q+1;/p-1. The summed E-state index contributed by atoms with van der Waals surface area (Å²) in [5.74, 6) is 0. The van der Waals surface area contributed by atoms with Crippen molar-refractivity contribution < 1.29 is 22.0 Å². The second-order valence-electron chi connectivity index (χ2n) is 9.17. The summed E-state index contributed by atoms with van der Waals surface area (Å²) in [7, 11) is 2.47. The third-order valence-electron chi connectivity index (χ3n) is 6.21. The molecule has 0 aliphatic carbocycles. The van der Waals surface area contributed by atoms with Crippen molar-refractivity contribution in [1.82, 2.24) is 0 Å². The molecular weight excluding hydrogens is 366 g/mol. The molecule has 0 amide bonds. The Bertz CT molecular complexity index is 266. The first-order valence-corrected chi connectivity index (χ1v) is 12.6. The van der Waals surface area contributed by atoms with Crippen LogP contribution >= 0.6 is 0 Å². The van der Waals surface area contributed by atoms with E-state index in [1.54, 1.807) is 0 Å². The van der Waals surface area contributed by atoms with Crippen LogP contribution in [0.3, 0.4) is 0 Å². The molecule has 3 heteroatoms. The van der Waals surface area contributed by atoms with Gasteiger partial charge in [0.25, 0.3) is 0 Å². The predicted octanol–water partition coefficient (Wildman–Crippen LogP) is 4.49. The summed E-state index contributed by atoms with van der Waals surface area (Å²) in [6.07, 6.45) is 24.8. The molecule has 0 bridgehead atoms. The fraction of sp³-hybridized carbons (Fsp3) is 1.00. The molecule has 0 aliphatic rings. The van der Waals surface area contributed by atoms with Crippen molar-refractivity contribution in [2.75, 3.05) is 33.3 Å². The van der Waals surface area contributed by atoms with Gasteiger partial charge in [0.05, 0.1) is 26.7 Å². The maximum atomic E-state index is 9.13. The zero-order chi connectivity index (χ0) is 20.1. The maximum absolute atomic E-state index is 9.13. The molecule has 0 aromatic carbocycles. The lowest BCUT2D eigenvalue weighted by Gasteiger charge is -2.35. The smallest absolute Gasteiger partial charge is 0.0785 e. The van der Waals surface area contributed by atoms with E-state index < -0.39 is 0 Å². The Hall–Kier alpha value is 0.210. The molecule has 2 nitrogen and oxygen atoms in total. The molecule has 0 saturated carbocycles. The summed E-state index contributed by atoms with van der Waals surface area (Å²) in [5.41, 5.74) is 0. The SMILES string of the molecule is CCCCCCCCCC[N+](C)(CCCCO)CCCCCCCCCC.[Cl-]. The number of rotatable bonds is 22. The van der Waals surface area contributed by atoms with E-state index in [9.17, 15) is 0 Å². The second kappa shape index (κ2) is 23.5. The van der Waals surface area contributed by atoms with Crippen molar-refractivity contribution in [2.24, 2.45) is 0 Å². The zero-order valence-corrected chi connectivity index (χ0v) is 20.6. The number of hydrogen-bond acceptors (Lipinski definition) is 1. The van der Waals surface area contributed by atoms with Gasteiger partial charge in [-0.2, -0.15) is 0 Å². The van der Waals surface area contributed by atoms with E-state index >= 15 is 0 Å². The molecule has 172 valence electrons. The molecule has 0 spiro atoms. The van der Waals surface area contributed by atoms with Crippen molar-refractivity contribution in [3.63, 3.8) is 0 Å². The van der Waals surface area contributed by atoms with Crippen LogP contribution < -0.4 is 12.4 Å². The molecule has 0 radical (unpaired) electrons. The Balaban J connectivity index is 0. The molecule has 0 aromatic heterocycles. The van der Waals surface area contributed by atoms with Crippen molar-refractivity contribution in [3.8, 4) is 0 Å². The minimum Gasteiger partial charge on any atom is -1.00 e. The average molecular weight is 420 g/mol. The molecule has 0 atom stereocenters. The predicted molar refractivity (Wildman–Crippen MR) is 122 cm³/mol. The Morgan fingerprint density at radius 1 is 0.464 bits per heavy atom. The number of halogens is 1. The molecule has 0 fully saturated rings. The van der Waals surface area contributed by atoms with Crippen LogP contribution in [0.5, 0.6) is 0 Å². The number of quaternary nitrogens is 1. The minimum absolute atomic E-state index is 0. The van der Waals surface area contributed by atoms with E-state index in [2.05, 4.69) is 20.9 Å².